The van der Waals surface area contributed by atoms with E-state index in [0.717, 1.165) is 10.5 Å². The molecule has 3 rings (SSSR count). The van der Waals surface area contributed by atoms with Crippen molar-refractivity contribution in [3.8, 4) is 0 Å². The van der Waals surface area contributed by atoms with Gasteiger partial charge in [-0.05, 0) is 56.7 Å². The molecule has 30 heavy (non-hydrogen) atoms. The van der Waals surface area contributed by atoms with Crippen LogP contribution in [0.15, 0.2) is 29.2 Å². The zero-order valence-electron chi connectivity index (χ0n) is 17.1. The predicted molar refractivity (Wildman–Crippen MR) is 104 cm³/mol. The number of rotatable bonds is 4. The van der Waals surface area contributed by atoms with E-state index >= 15 is 0 Å². The number of amides is 1. The van der Waals surface area contributed by atoms with Gasteiger partial charge >= 0.3 is 12.1 Å². The molecule has 2 aliphatic rings. The number of hydrogen-bond acceptors (Lipinski definition) is 4. The molecule has 2 saturated heterocycles. The lowest BCUT2D eigenvalue weighted by Crippen LogP contribution is -2.48. The van der Waals surface area contributed by atoms with Gasteiger partial charge in [-0.3, -0.25) is 4.79 Å². The topological polar surface area (TPSA) is 66.9 Å². The maximum atomic E-state index is 12.9. The van der Waals surface area contributed by atoms with Gasteiger partial charge < -0.3 is 9.64 Å². The molecule has 2 heterocycles. The number of likely N-dealkylation sites (tertiary alicyclic amines) is 1. The van der Waals surface area contributed by atoms with Crippen LogP contribution in [0, 0.1) is 5.92 Å². The molecule has 1 amide bonds. The number of morpholine rings is 1. The number of halogens is 3. The van der Waals surface area contributed by atoms with Crippen LogP contribution >= 0.6 is 0 Å². The lowest BCUT2D eigenvalue weighted by molar-refractivity contribution is -0.186. The Hall–Kier alpha value is -1.65. The molecule has 168 valence electrons. The Morgan fingerprint density at radius 3 is 2.10 bits per heavy atom. The van der Waals surface area contributed by atoms with Crippen LogP contribution in [0.5, 0.6) is 0 Å². The van der Waals surface area contributed by atoms with Crippen LogP contribution in [0.4, 0.5) is 13.2 Å². The van der Waals surface area contributed by atoms with E-state index in [4.69, 9.17) is 4.74 Å². The number of piperidine rings is 1. The summed E-state index contributed by atoms with van der Waals surface area (Å²) >= 11 is 0. The first-order chi connectivity index (χ1) is 14.0. The summed E-state index contributed by atoms with van der Waals surface area (Å²) in [5.41, 5.74) is 0.929. The number of carbonyl (C=O) groups is 1. The minimum atomic E-state index is -4.83. The van der Waals surface area contributed by atoms with Gasteiger partial charge in [0.1, 0.15) is 0 Å². The summed E-state index contributed by atoms with van der Waals surface area (Å²) in [6.45, 7) is 4.47. The van der Waals surface area contributed by atoms with Crippen molar-refractivity contribution in [3.63, 3.8) is 0 Å². The van der Waals surface area contributed by atoms with Gasteiger partial charge in [0.15, 0.2) is 0 Å². The third kappa shape index (κ3) is 5.33. The minimum Gasteiger partial charge on any atom is -0.373 e. The number of hydrogen-bond donors (Lipinski definition) is 0. The first kappa shape index (κ1) is 23.0. The second kappa shape index (κ2) is 8.84. The van der Waals surface area contributed by atoms with Gasteiger partial charge in [-0.25, -0.2) is 8.42 Å². The number of carbonyl (C=O) groups excluding carboxylic acids is 1. The molecule has 2 fully saturated rings. The fourth-order valence-corrected chi connectivity index (χ4v) is 5.72. The highest BCUT2D eigenvalue weighted by molar-refractivity contribution is 7.89. The Kier molecular flexibility index (Phi) is 6.78. The van der Waals surface area contributed by atoms with Crippen molar-refractivity contribution < 1.29 is 31.1 Å². The maximum absolute atomic E-state index is 12.9. The Morgan fingerprint density at radius 2 is 1.60 bits per heavy atom. The monoisotopic (exact) mass is 448 g/mol. The normalized spacial score (nSPS) is 24.8. The van der Waals surface area contributed by atoms with Gasteiger partial charge in [0.2, 0.25) is 10.0 Å². The lowest BCUT2D eigenvalue weighted by Gasteiger charge is -2.34. The molecule has 2 atom stereocenters. The molecule has 0 unspecified atom stereocenters. The molecule has 10 heteroatoms. The Morgan fingerprint density at radius 1 is 1.07 bits per heavy atom. The van der Waals surface area contributed by atoms with Gasteiger partial charge in [0.25, 0.3) is 0 Å². The van der Waals surface area contributed by atoms with Crippen molar-refractivity contribution in [2.45, 2.75) is 56.4 Å². The minimum absolute atomic E-state index is 0.0862. The van der Waals surface area contributed by atoms with Crippen LogP contribution in [0.3, 0.4) is 0 Å². The fraction of sp³-hybridized carbons (Fsp3) is 0.650. The lowest BCUT2D eigenvalue weighted by atomic mass is 9.90. The molecule has 1 aromatic carbocycles. The highest BCUT2D eigenvalue weighted by Gasteiger charge is 2.43. The molecular formula is C20H27F3N2O4S. The smallest absolute Gasteiger partial charge is 0.373 e. The van der Waals surface area contributed by atoms with E-state index in [-0.39, 0.29) is 36.1 Å². The van der Waals surface area contributed by atoms with Gasteiger partial charge in [-0.1, -0.05) is 12.1 Å². The van der Waals surface area contributed by atoms with Crippen LogP contribution in [-0.2, 0) is 26.0 Å². The standard InChI is InChI=1S/C20H27F3N2O4S/c1-14-12-25(13-15(2)29-14)30(27,28)18-5-3-16(4-6-18)11-17-7-9-24(10-8-17)19(26)20(21,22)23/h3-6,14-15,17H,7-13H2,1-2H3/t14-,15+. The van der Waals surface area contributed by atoms with Crippen LogP contribution in [-0.4, -0.2) is 68.1 Å². The molecule has 0 aromatic heterocycles. The van der Waals surface area contributed by atoms with E-state index in [2.05, 4.69) is 0 Å². The molecule has 0 radical (unpaired) electrons. The van der Waals surface area contributed by atoms with E-state index < -0.39 is 22.1 Å². The summed E-state index contributed by atoms with van der Waals surface area (Å²) < 4.78 is 70.5. The molecule has 0 bridgehead atoms. The fourth-order valence-electron chi connectivity index (χ4n) is 4.13. The second-order valence-electron chi connectivity index (χ2n) is 8.16. The summed E-state index contributed by atoms with van der Waals surface area (Å²) in [5, 5.41) is 0. The van der Waals surface area contributed by atoms with Gasteiger partial charge in [0, 0.05) is 26.2 Å². The number of nitrogens with zero attached hydrogens (tertiary/aromatic N) is 2. The van der Waals surface area contributed by atoms with Gasteiger partial charge in [-0.15, -0.1) is 0 Å². The SMILES string of the molecule is C[C@@H]1CN(S(=O)(=O)c2ccc(CC3CCN(C(=O)C(F)(F)F)CC3)cc2)C[C@H](C)O1. The third-order valence-electron chi connectivity index (χ3n) is 5.62. The van der Waals surface area contributed by atoms with E-state index in [0.29, 0.717) is 32.4 Å². The second-order valence-corrected chi connectivity index (χ2v) is 10.1. The zero-order valence-corrected chi connectivity index (χ0v) is 17.9. The predicted octanol–water partition coefficient (Wildman–Crippen LogP) is 2.83. The largest absolute Gasteiger partial charge is 0.471 e. The first-order valence-electron chi connectivity index (χ1n) is 10.1. The molecular weight excluding hydrogens is 421 g/mol. The Bertz CT molecular complexity index is 840. The number of benzene rings is 1. The molecule has 6 nitrogen and oxygen atoms in total. The van der Waals surface area contributed by atoms with Crippen LogP contribution < -0.4 is 0 Å². The van der Waals surface area contributed by atoms with Crippen molar-refractivity contribution in [2.75, 3.05) is 26.2 Å². The summed E-state index contributed by atoms with van der Waals surface area (Å²) in [7, 11) is -3.61. The van der Waals surface area contributed by atoms with Gasteiger partial charge in [0.05, 0.1) is 17.1 Å². The van der Waals surface area contributed by atoms with E-state index in [1.54, 1.807) is 24.3 Å². The number of sulfonamides is 1. The summed E-state index contributed by atoms with van der Waals surface area (Å²) in [5.74, 6) is -1.62. The first-order valence-corrected chi connectivity index (χ1v) is 11.5. The summed E-state index contributed by atoms with van der Waals surface area (Å²) in [4.78, 5) is 12.4. The quantitative estimate of drug-likeness (QED) is 0.711. The van der Waals surface area contributed by atoms with Crippen molar-refractivity contribution in [1.29, 1.82) is 0 Å². The highest BCUT2D eigenvalue weighted by Crippen LogP contribution is 2.27. The molecule has 0 spiro atoms. The van der Waals surface area contributed by atoms with Crippen molar-refractivity contribution >= 4 is 15.9 Å². The van der Waals surface area contributed by atoms with Crippen molar-refractivity contribution in [2.24, 2.45) is 5.92 Å². The van der Waals surface area contributed by atoms with Crippen molar-refractivity contribution in [1.82, 2.24) is 9.21 Å². The average Bonchev–Trinajstić information content (AvgIpc) is 2.67. The third-order valence-corrected chi connectivity index (χ3v) is 7.46. The Balaban J connectivity index is 1.58. The van der Waals surface area contributed by atoms with E-state index in [9.17, 15) is 26.4 Å². The van der Waals surface area contributed by atoms with Gasteiger partial charge in [-0.2, -0.15) is 17.5 Å². The van der Waals surface area contributed by atoms with Crippen LogP contribution in [0.25, 0.3) is 0 Å². The Labute approximate surface area is 175 Å². The molecule has 0 N–H and O–H groups in total. The number of alkyl halides is 3. The van der Waals surface area contributed by atoms with E-state index in [1.807, 2.05) is 13.8 Å². The number of ether oxygens (including phenoxy) is 1. The highest BCUT2D eigenvalue weighted by atomic mass is 32.2. The molecule has 2 aliphatic heterocycles. The van der Waals surface area contributed by atoms with Crippen LogP contribution in [0.1, 0.15) is 32.3 Å². The van der Waals surface area contributed by atoms with E-state index in [1.165, 1.54) is 4.31 Å². The molecule has 1 aromatic rings. The summed E-state index contributed by atoms with van der Waals surface area (Å²) in [6, 6.07) is 6.68. The van der Waals surface area contributed by atoms with Crippen LogP contribution in [0.2, 0.25) is 0 Å². The molecule has 0 aliphatic carbocycles. The summed E-state index contributed by atoms with van der Waals surface area (Å²) in [6.07, 6.45) is -3.54. The van der Waals surface area contributed by atoms with Crippen molar-refractivity contribution in [3.05, 3.63) is 29.8 Å². The molecule has 0 saturated carbocycles. The zero-order chi connectivity index (χ0) is 22.1. The average molecular weight is 449 g/mol. The maximum Gasteiger partial charge on any atom is 0.471 e.